The number of aliphatic hydroxyl groups is 1. The van der Waals surface area contributed by atoms with Crippen LogP contribution in [0.15, 0.2) is 28.7 Å². The van der Waals surface area contributed by atoms with E-state index in [1.54, 1.807) is 0 Å². The predicted octanol–water partition coefficient (Wildman–Crippen LogP) is 3.29. The quantitative estimate of drug-likeness (QED) is 0.876. The molecule has 96 valence electrons. The second-order valence-corrected chi connectivity index (χ2v) is 6.10. The van der Waals surface area contributed by atoms with E-state index in [0.29, 0.717) is 6.54 Å². The van der Waals surface area contributed by atoms with Gasteiger partial charge < -0.3 is 10.8 Å². The molecule has 0 radical (unpaired) electrons. The number of nitrogens with two attached hydrogens (primary N) is 1. The van der Waals surface area contributed by atoms with Crippen molar-refractivity contribution in [3.05, 3.63) is 34.3 Å². The highest BCUT2D eigenvalue weighted by Gasteiger charge is 2.32. The summed E-state index contributed by atoms with van der Waals surface area (Å²) in [6, 6.07) is 8.03. The summed E-state index contributed by atoms with van der Waals surface area (Å²) in [5.41, 5.74) is 6.81. The highest BCUT2D eigenvalue weighted by atomic mass is 79.9. The van der Waals surface area contributed by atoms with Gasteiger partial charge in [0.15, 0.2) is 0 Å². The standard InChI is InChI=1S/C14H22BrNO/c1-4-14(2,3)13(17)12(9-16)10-5-7-11(15)8-6-10/h5-8,12-13,17H,4,9,16H2,1-3H3. The van der Waals surface area contributed by atoms with Gasteiger partial charge in [0.1, 0.15) is 0 Å². The number of aliphatic hydroxyl groups excluding tert-OH is 1. The molecule has 0 heterocycles. The minimum atomic E-state index is -0.418. The molecule has 0 aromatic heterocycles. The monoisotopic (exact) mass is 299 g/mol. The largest absolute Gasteiger partial charge is 0.392 e. The number of benzene rings is 1. The zero-order valence-electron chi connectivity index (χ0n) is 10.8. The molecular formula is C14H22BrNO. The third-order valence-electron chi connectivity index (χ3n) is 3.65. The molecule has 0 aliphatic rings. The lowest BCUT2D eigenvalue weighted by Crippen LogP contribution is -2.37. The van der Waals surface area contributed by atoms with E-state index in [2.05, 4.69) is 36.7 Å². The molecule has 0 fully saturated rings. The van der Waals surface area contributed by atoms with Crippen molar-refractivity contribution >= 4 is 15.9 Å². The lowest BCUT2D eigenvalue weighted by Gasteiger charge is -2.35. The van der Waals surface area contributed by atoms with E-state index in [-0.39, 0.29) is 11.3 Å². The van der Waals surface area contributed by atoms with Gasteiger partial charge in [-0.1, -0.05) is 48.8 Å². The molecule has 2 atom stereocenters. The van der Waals surface area contributed by atoms with E-state index in [9.17, 15) is 5.11 Å². The van der Waals surface area contributed by atoms with Crippen LogP contribution >= 0.6 is 15.9 Å². The summed E-state index contributed by atoms with van der Waals surface area (Å²) in [6.45, 7) is 6.73. The highest BCUT2D eigenvalue weighted by Crippen LogP contribution is 2.34. The predicted molar refractivity (Wildman–Crippen MR) is 76.0 cm³/mol. The molecule has 0 aliphatic carbocycles. The fourth-order valence-electron chi connectivity index (χ4n) is 1.91. The van der Waals surface area contributed by atoms with Crippen molar-refractivity contribution in [2.45, 2.75) is 39.2 Å². The molecule has 0 amide bonds. The zero-order chi connectivity index (χ0) is 13.1. The van der Waals surface area contributed by atoms with Crippen molar-refractivity contribution in [3.63, 3.8) is 0 Å². The summed E-state index contributed by atoms with van der Waals surface area (Å²) >= 11 is 3.41. The summed E-state index contributed by atoms with van der Waals surface area (Å²) in [5, 5.41) is 10.5. The van der Waals surface area contributed by atoms with Crippen LogP contribution in [0.4, 0.5) is 0 Å². The minimum Gasteiger partial charge on any atom is -0.392 e. The summed E-state index contributed by atoms with van der Waals surface area (Å²) in [7, 11) is 0. The van der Waals surface area contributed by atoms with Gasteiger partial charge in [0.25, 0.3) is 0 Å². The molecule has 3 N–H and O–H groups in total. The first-order chi connectivity index (χ1) is 7.92. The molecule has 17 heavy (non-hydrogen) atoms. The first-order valence-electron chi connectivity index (χ1n) is 6.06. The smallest absolute Gasteiger partial charge is 0.0671 e. The molecule has 0 saturated carbocycles. The average Bonchev–Trinajstić information content (AvgIpc) is 2.32. The third kappa shape index (κ3) is 3.54. The molecule has 0 saturated heterocycles. The van der Waals surface area contributed by atoms with Crippen LogP contribution in [-0.2, 0) is 0 Å². The molecule has 2 unspecified atom stereocenters. The van der Waals surface area contributed by atoms with E-state index in [1.165, 1.54) is 0 Å². The van der Waals surface area contributed by atoms with Crippen molar-refractivity contribution in [1.29, 1.82) is 0 Å². The Labute approximate surface area is 112 Å². The fraction of sp³-hybridized carbons (Fsp3) is 0.571. The van der Waals surface area contributed by atoms with Crippen molar-refractivity contribution < 1.29 is 5.11 Å². The lowest BCUT2D eigenvalue weighted by molar-refractivity contribution is 0.0264. The van der Waals surface area contributed by atoms with Crippen molar-refractivity contribution in [2.75, 3.05) is 6.54 Å². The van der Waals surface area contributed by atoms with E-state index in [0.717, 1.165) is 16.5 Å². The molecule has 2 nitrogen and oxygen atoms in total. The maximum Gasteiger partial charge on any atom is 0.0671 e. The Hall–Kier alpha value is -0.380. The van der Waals surface area contributed by atoms with Crippen molar-refractivity contribution in [3.8, 4) is 0 Å². The Kier molecular flexibility index (Phi) is 5.17. The zero-order valence-corrected chi connectivity index (χ0v) is 12.4. The molecule has 3 heteroatoms. The molecule has 0 bridgehead atoms. The van der Waals surface area contributed by atoms with Crippen LogP contribution in [0.3, 0.4) is 0 Å². The van der Waals surface area contributed by atoms with Crippen LogP contribution in [0.25, 0.3) is 0 Å². The van der Waals surface area contributed by atoms with Crippen LogP contribution in [0.2, 0.25) is 0 Å². The van der Waals surface area contributed by atoms with Gasteiger partial charge in [-0.15, -0.1) is 0 Å². The van der Waals surface area contributed by atoms with Crippen LogP contribution < -0.4 is 5.73 Å². The van der Waals surface area contributed by atoms with Gasteiger partial charge in [0.05, 0.1) is 6.10 Å². The van der Waals surface area contributed by atoms with Gasteiger partial charge in [-0.25, -0.2) is 0 Å². The van der Waals surface area contributed by atoms with Crippen molar-refractivity contribution in [1.82, 2.24) is 0 Å². The maximum absolute atomic E-state index is 10.5. The molecule has 0 aliphatic heterocycles. The Morgan fingerprint density at radius 2 is 1.82 bits per heavy atom. The average molecular weight is 300 g/mol. The van der Waals surface area contributed by atoms with Crippen LogP contribution in [0.1, 0.15) is 38.7 Å². The first kappa shape index (κ1) is 14.7. The molecule has 1 aromatic carbocycles. The Morgan fingerprint density at radius 1 is 1.29 bits per heavy atom. The number of hydrogen-bond donors (Lipinski definition) is 2. The second-order valence-electron chi connectivity index (χ2n) is 5.18. The van der Waals surface area contributed by atoms with Crippen molar-refractivity contribution in [2.24, 2.45) is 11.1 Å². The van der Waals surface area contributed by atoms with E-state index in [1.807, 2.05) is 24.3 Å². The Morgan fingerprint density at radius 3 is 2.24 bits per heavy atom. The SMILES string of the molecule is CCC(C)(C)C(O)C(CN)c1ccc(Br)cc1. The van der Waals surface area contributed by atoms with Crippen LogP contribution in [-0.4, -0.2) is 17.8 Å². The summed E-state index contributed by atoms with van der Waals surface area (Å²) in [4.78, 5) is 0. The third-order valence-corrected chi connectivity index (χ3v) is 4.17. The maximum atomic E-state index is 10.5. The molecule has 1 aromatic rings. The van der Waals surface area contributed by atoms with E-state index >= 15 is 0 Å². The van der Waals surface area contributed by atoms with E-state index in [4.69, 9.17) is 5.73 Å². The highest BCUT2D eigenvalue weighted by molar-refractivity contribution is 9.10. The van der Waals surface area contributed by atoms with Gasteiger partial charge in [0, 0.05) is 16.9 Å². The Bertz CT molecular complexity index is 348. The van der Waals surface area contributed by atoms with Gasteiger partial charge in [0.2, 0.25) is 0 Å². The summed E-state index contributed by atoms with van der Waals surface area (Å²) in [6.07, 6.45) is 0.514. The molecule has 1 rings (SSSR count). The molecular weight excluding hydrogens is 278 g/mol. The van der Waals surface area contributed by atoms with Crippen LogP contribution in [0.5, 0.6) is 0 Å². The second kappa shape index (κ2) is 5.98. The number of hydrogen-bond acceptors (Lipinski definition) is 2. The Balaban J connectivity index is 2.95. The summed E-state index contributed by atoms with van der Waals surface area (Å²) in [5.74, 6) is -0.00181. The fourth-order valence-corrected chi connectivity index (χ4v) is 2.18. The van der Waals surface area contributed by atoms with Crippen LogP contribution in [0, 0.1) is 5.41 Å². The first-order valence-corrected chi connectivity index (χ1v) is 6.85. The normalized spacial score (nSPS) is 15.6. The number of rotatable bonds is 5. The summed E-state index contributed by atoms with van der Waals surface area (Å²) < 4.78 is 1.04. The topological polar surface area (TPSA) is 46.2 Å². The van der Waals surface area contributed by atoms with Gasteiger partial charge in [-0.2, -0.15) is 0 Å². The molecule has 0 spiro atoms. The van der Waals surface area contributed by atoms with Gasteiger partial charge in [-0.3, -0.25) is 0 Å². The van der Waals surface area contributed by atoms with E-state index < -0.39 is 6.10 Å². The van der Waals surface area contributed by atoms with Gasteiger partial charge >= 0.3 is 0 Å². The van der Waals surface area contributed by atoms with Gasteiger partial charge in [-0.05, 0) is 29.5 Å². The number of halogens is 1. The minimum absolute atomic E-state index is 0.00181. The lowest BCUT2D eigenvalue weighted by atomic mass is 9.75.